The van der Waals surface area contributed by atoms with Crippen LogP contribution in [0.2, 0.25) is 0 Å². The summed E-state index contributed by atoms with van der Waals surface area (Å²) in [6.45, 7) is 1.76. The normalized spacial score (nSPS) is 12.4. The Bertz CT molecular complexity index is 616. The van der Waals surface area contributed by atoms with Crippen molar-refractivity contribution in [3.63, 3.8) is 0 Å². The zero-order valence-corrected chi connectivity index (χ0v) is 11.7. The molecule has 1 atom stereocenters. The second-order valence-corrected chi connectivity index (χ2v) is 5.23. The van der Waals surface area contributed by atoms with Crippen molar-refractivity contribution >= 4 is 22.6 Å². The van der Waals surface area contributed by atoms with Gasteiger partial charge in [-0.3, -0.25) is 9.59 Å². The van der Waals surface area contributed by atoms with Gasteiger partial charge in [0.25, 0.3) is 5.91 Å². The summed E-state index contributed by atoms with van der Waals surface area (Å²) in [4.78, 5) is 25.4. The van der Waals surface area contributed by atoms with E-state index in [0.29, 0.717) is 6.42 Å². The third-order valence-electron chi connectivity index (χ3n) is 3.70. The van der Waals surface area contributed by atoms with Gasteiger partial charge in [0.2, 0.25) is 5.78 Å². The number of aryl methyl sites for hydroxylation is 1. The fourth-order valence-electron chi connectivity index (χ4n) is 2.48. The van der Waals surface area contributed by atoms with Crippen molar-refractivity contribution in [2.75, 3.05) is 0 Å². The number of ketones is 1. The lowest BCUT2D eigenvalue weighted by Gasteiger charge is -2.07. The Hall–Kier alpha value is -2.10. The molecule has 1 aromatic carbocycles. The van der Waals surface area contributed by atoms with Crippen molar-refractivity contribution in [2.45, 2.75) is 32.6 Å². The number of nitrogens with one attached hydrogen (secondary N) is 1. The molecule has 0 spiro atoms. The molecule has 1 heterocycles. The molecule has 0 saturated heterocycles. The number of hydrogen-bond acceptors (Lipinski definition) is 2. The molecule has 0 saturated carbocycles. The Kier molecular flexibility index (Phi) is 4.56. The maximum absolute atomic E-state index is 11.4. The van der Waals surface area contributed by atoms with Gasteiger partial charge in [-0.25, -0.2) is 0 Å². The van der Waals surface area contributed by atoms with E-state index >= 15 is 0 Å². The summed E-state index contributed by atoms with van der Waals surface area (Å²) in [5.41, 5.74) is 7.44. The topological polar surface area (TPSA) is 75.9 Å². The summed E-state index contributed by atoms with van der Waals surface area (Å²) in [7, 11) is 0. The largest absolute Gasteiger partial charge is 0.363 e. The van der Waals surface area contributed by atoms with Gasteiger partial charge in [-0.05, 0) is 30.9 Å². The third-order valence-corrected chi connectivity index (χ3v) is 3.70. The first kappa shape index (κ1) is 14.3. The van der Waals surface area contributed by atoms with Gasteiger partial charge in [-0.1, -0.05) is 31.5 Å². The van der Waals surface area contributed by atoms with Crippen LogP contribution in [0.15, 0.2) is 30.5 Å². The Morgan fingerprint density at radius 3 is 2.75 bits per heavy atom. The first-order valence-electron chi connectivity index (χ1n) is 6.98. The average molecular weight is 272 g/mol. The zero-order chi connectivity index (χ0) is 14.5. The minimum atomic E-state index is -0.825. The summed E-state index contributed by atoms with van der Waals surface area (Å²) < 4.78 is 0. The molecule has 0 aliphatic carbocycles. The van der Waals surface area contributed by atoms with Crippen LogP contribution in [0.1, 0.15) is 31.7 Å². The number of fused-ring (bicyclic) bond motifs is 1. The summed E-state index contributed by atoms with van der Waals surface area (Å²) in [5.74, 6) is -1.55. The quantitative estimate of drug-likeness (QED) is 0.600. The number of Topliss-reactive ketones (excluding diaryl/α,β-unsaturated/α-hetero) is 1. The molecule has 2 aromatic rings. The number of amides is 1. The molecule has 106 valence electrons. The van der Waals surface area contributed by atoms with Crippen LogP contribution in [0, 0.1) is 5.92 Å². The molecule has 0 aliphatic heterocycles. The number of hydrogen-bond donors (Lipinski definition) is 2. The summed E-state index contributed by atoms with van der Waals surface area (Å²) in [6, 6.07) is 8.22. The fraction of sp³-hybridized carbons (Fsp3) is 0.375. The van der Waals surface area contributed by atoms with Crippen LogP contribution < -0.4 is 5.73 Å². The predicted octanol–water partition coefficient (Wildman–Crippen LogP) is 2.57. The van der Waals surface area contributed by atoms with Crippen LogP contribution in [0.25, 0.3) is 10.9 Å². The number of nitrogens with two attached hydrogens (primary N) is 1. The molecule has 1 amide bonds. The molecule has 20 heavy (non-hydrogen) atoms. The number of unbranched alkanes of at least 4 members (excludes halogenated alkanes) is 1. The second kappa shape index (κ2) is 6.37. The predicted molar refractivity (Wildman–Crippen MR) is 79.2 cm³/mol. The van der Waals surface area contributed by atoms with Crippen molar-refractivity contribution < 1.29 is 9.59 Å². The number of rotatable bonds is 7. The highest BCUT2D eigenvalue weighted by Gasteiger charge is 2.17. The Morgan fingerprint density at radius 1 is 1.25 bits per heavy atom. The van der Waals surface area contributed by atoms with Crippen molar-refractivity contribution in [1.29, 1.82) is 0 Å². The molecule has 1 aromatic heterocycles. The monoisotopic (exact) mass is 272 g/mol. The van der Waals surface area contributed by atoms with Crippen LogP contribution >= 0.6 is 0 Å². The molecule has 4 nitrogen and oxygen atoms in total. The Balaban J connectivity index is 1.82. The van der Waals surface area contributed by atoms with Gasteiger partial charge in [0.05, 0.1) is 0 Å². The maximum atomic E-state index is 11.4. The minimum Gasteiger partial charge on any atom is -0.363 e. The van der Waals surface area contributed by atoms with Crippen molar-refractivity contribution in [3.05, 3.63) is 36.0 Å². The van der Waals surface area contributed by atoms with Crippen molar-refractivity contribution in [3.8, 4) is 0 Å². The molecule has 0 radical (unpaired) electrons. The number of H-pyrrole nitrogens is 1. The van der Waals surface area contributed by atoms with Gasteiger partial charge in [-0.15, -0.1) is 0 Å². The number of benzene rings is 1. The summed E-state index contributed by atoms with van der Waals surface area (Å²) in [6.07, 6.45) is 5.65. The molecule has 0 bridgehead atoms. The van der Waals surface area contributed by atoms with E-state index in [1.807, 2.05) is 18.3 Å². The number of aromatic amines is 1. The van der Waals surface area contributed by atoms with Gasteiger partial charge in [0, 0.05) is 23.0 Å². The van der Waals surface area contributed by atoms with Gasteiger partial charge in [0.15, 0.2) is 0 Å². The molecule has 2 rings (SSSR count). The number of carbonyl (C=O) groups is 2. The smallest absolute Gasteiger partial charge is 0.285 e. The van der Waals surface area contributed by atoms with Crippen molar-refractivity contribution in [2.24, 2.45) is 11.7 Å². The first-order chi connectivity index (χ1) is 9.59. The number of primary amides is 1. The van der Waals surface area contributed by atoms with Gasteiger partial charge in [-0.2, -0.15) is 0 Å². The van der Waals surface area contributed by atoms with Gasteiger partial charge >= 0.3 is 0 Å². The lowest BCUT2D eigenvalue weighted by atomic mass is 9.97. The SMILES string of the molecule is CC(CCCCc1c[nH]c2ccccc12)C(=O)C(N)=O. The van der Waals surface area contributed by atoms with E-state index < -0.39 is 11.7 Å². The van der Waals surface area contributed by atoms with E-state index in [1.165, 1.54) is 10.9 Å². The molecular formula is C16H20N2O2. The van der Waals surface area contributed by atoms with E-state index in [4.69, 9.17) is 5.73 Å². The molecule has 4 heteroatoms. The van der Waals surface area contributed by atoms with Crippen molar-refractivity contribution in [1.82, 2.24) is 4.98 Å². The first-order valence-corrected chi connectivity index (χ1v) is 6.98. The highest BCUT2D eigenvalue weighted by Crippen LogP contribution is 2.20. The van der Waals surface area contributed by atoms with Crippen LogP contribution in [0.3, 0.4) is 0 Å². The van der Waals surface area contributed by atoms with E-state index in [2.05, 4.69) is 17.1 Å². The Labute approximate surface area is 118 Å². The van der Waals surface area contributed by atoms with E-state index in [0.717, 1.165) is 24.8 Å². The molecule has 3 N–H and O–H groups in total. The molecular weight excluding hydrogens is 252 g/mol. The summed E-state index contributed by atoms with van der Waals surface area (Å²) in [5, 5.41) is 1.26. The number of para-hydroxylation sites is 1. The van der Waals surface area contributed by atoms with Gasteiger partial charge < -0.3 is 10.7 Å². The number of carbonyl (C=O) groups excluding carboxylic acids is 2. The standard InChI is InChI=1S/C16H20N2O2/c1-11(15(19)16(17)20)6-2-3-7-12-10-18-14-9-5-4-8-13(12)14/h4-5,8-11,18H,2-3,6-7H2,1H3,(H2,17,20). The highest BCUT2D eigenvalue weighted by molar-refractivity contribution is 6.36. The lowest BCUT2D eigenvalue weighted by Crippen LogP contribution is -2.28. The van der Waals surface area contributed by atoms with Crippen LogP contribution in [-0.2, 0) is 16.0 Å². The average Bonchev–Trinajstić information content (AvgIpc) is 2.85. The van der Waals surface area contributed by atoms with E-state index in [9.17, 15) is 9.59 Å². The van der Waals surface area contributed by atoms with E-state index in [-0.39, 0.29) is 5.92 Å². The minimum absolute atomic E-state index is 0.268. The molecule has 0 fully saturated rings. The highest BCUT2D eigenvalue weighted by atomic mass is 16.2. The fourth-order valence-corrected chi connectivity index (χ4v) is 2.48. The van der Waals surface area contributed by atoms with E-state index in [1.54, 1.807) is 6.92 Å². The maximum Gasteiger partial charge on any atom is 0.285 e. The van der Waals surface area contributed by atoms with Crippen LogP contribution in [-0.4, -0.2) is 16.7 Å². The second-order valence-electron chi connectivity index (χ2n) is 5.23. The zero-order valence-electron chi connectivity index (χ0n) is 11.7. The Morgan fingerprint density at radius 2 is 2.00 bits per heavy atom. The lowest BCUT2D eigenvalue weighted by molar-refractivity contribution is -0.138. The van der Waals surface area contributed by atoms with Gasteiger partial charge in [0.1, 0.15) is 0 Å². The molecule has 1 unspecified atom stereocenters. The molecule has 0 aliphatic rings. The van der Waals surface area contributed by atoms with Crippen LogP contribution in [0.5, 0.6) is 0 Å². The summed E-state index contributed by atoms with van der Waals surface area (Å²) >= 11 is 0. The van der Waals surface area contributed by atoms with Crippen LogP contribution in [0.4, 0.5) is 0 Å². The number of aromatic nitrogens is 1. The third kappa shape index (κ3) is 3.26.